The van der Waals surface area contributed by atoms with E-state index >= 15 is 0 Å². The molecule has 2 rings (SSSR count). The van der Waals surface area contributed by atoms with Gasteiger partial charge in [0.25, 0.3) is 0 Å². The number of nitrogens with zero attached hydrogens (tertiary/aromatic N) is 4. The van der Waals surface area contributed by atoms with Crippen LogP contribution in [0, 0.1) is 80.0 Å². The molecular formula is C22H25EuN4O14Zn. The van der Waals surface area contributed by atoms with Gasteiger partial charge in [0.15, 0.2) is 13.2 Å². The molecule has 0 aliphatic heterocycles. The summed E-state index contributed by atoms with van der Waals surface area (Å²) in [5.41, 5.74) is 0.726. The number of hydrogen-bond donors (Lipinski definition) is 0. The Morgan fingerprint density at radius 3 is 1.33 bits per heavy atom. The second-order valence-electron chi connectivity index (χ2n) is 6.29. The predicted octanol–water partition coefficient (Wildman–Crippen LogP) is 0.308. The van der Waals surface area contributed by atoms with Gasteiger partial charge in [-0.1, -0.05) is 46.1 Å². The van der Waals surface area contributed by atoms with Gasteiger partial charge in [-0.25, -0.2) is 0 Å². The summed E-state index contributed by atoms with van der Waals surface area (Å²) < 4.78 is 10.5. The number of rotatable bonds is 11. The number of oxime groups is 2. The van der Waals surface area contributed by atoms with Crippen molar-refractivity contribution in [2.24, 2.45) is 10.3 Å². The molecule has 2 aromatic carbocycles. The summed E-state index contributed by atoms with van der Waals surface area (Å²) in [6.07, 6.45) is 2.63. The Balaban J connectivity index is -0.000000439. The molecule has 0 unspecified atom stereocenters. The first-order valence-corrected chi connectivity index (χ1v) is 10.8. The second kappa shape index (κ2) is 29.2. The summed E-state index contributed by atoms with van der Waals surface area (Å²) in [7, 11) is 0. The maximum absolute atomic E-state index is 12.0. The molecule has 0 radical (unpaired) electrons. The zero-order valence-electron chi connectivity index (χ0n) is 22.5. The molecule has 0 bridgehead atoms. The van der Waals surface area contributed by atoms with Gasteiger partial charge < -0.3 is 69.9 Å². The SMILES string of the molecule is CC(=O)[O-].CCOc1cccc(/C=N/OCCO/N=C/c2cccc(OCC)c2[O-])c1[O-].O=[N+]([O-])[O-].O=[N+]([O-])[O-].[Eu+3].[Zn+2]. The van der Waals surface area contributed by atoms with Crippen LogP contribution in [0.3, 0.4) is 0 Å². The van der Waals surface area contributed by atoms with Crippen molar-refractivity contribution < 1.29 is 118 Å². The Hall–Kier alpha value is -3.34. The van der Waals surface area contributed by atoms with E-state index in [1.807, 2.05) is 0 Å². The van der Waals surface area contributed by atoms with Gasteiger partial charge in [-0.05, 0) is 44.0 Å². The average Bonchev–Trinajstić information content (AvgIpc) is 2.84. The van der Waals surface area contributed by atoms with E-state index in [4.69, 9.17) is 59.7 Å². The molecule has 0 saturated carbocycles. The van der Waals surface area contributed by atoms with Gasteiger partial charge in [-0.2, -0.15) is 0 Å². The molecule has 42 heavy (non-hydrogen) atoms. The van der Waals surface area contributed by atoms with Crippen LogP contribution in [-0.2, 0) is 33.9 Å². The largest absolute Gasteiger partial charge is 3.00 e. The Labute approximate surface area is 293 Å². The average molecular weight is 787 g/mol. The minimum atomic E-state index is -1.75. The normalized spacial score (nSPS) is 9.12. The molecule has 18 nitrogen and oxygen atoms in total. The van der Waals surface area contributed by atoms with Crippen molar-refractivity contribution >= 4 is 18.4 Å². The number of benzene rings is 2. The molecule has 226 valence electrons. The van der Waals surface area contributed by atoms with E-state index in [1.165, 1.54) is 12.4 Å². The molecule has 0 aliphatic rings. The zero-order chi connectivity index (χ0) is 30.9. The minimum absolute atomic E-state index is 0. The van der Waals surface area contributed by atoms with E-state index < -0.39 is 16.1 Å². The van der Waals surface area contributed by atoms with Gasteiger partial charge in [-0.15, -0.1) is 0 Å². The van der Waals surface area contributed by atoms with E-state index in [9.17, 15) is 10.2 Å². The minimum Gasteiger partial charge on any atom is -0.870 e. The molecular weight excluding hydrogens is 762 g/mol. The molecule has 2 aromatic rings. The van der Waals surface area contributed by atoms with Crippen molar-refractivity contribution in [2.45, 2.75) is 20.8 Å². The number of carbonyl (C=O) groups is 1. The number of hydrogen-bond acceptors (Lipinski definition) is 16. The zero-order valence-corrected chi connectivity index (χ0v) is 27.9. The quantitative estimate of drug-likeness (QED) is 0.0975. The molecule has 0 amide bonds. The Bertz CT molecular complexity index is 1000. The number of carboxylic acid groups (broad SMARTS) is 1. The first-order chi connectivity index (χ1) is 18.9. The van der Waals surface area contributed by atoms with Crippen LogP contribution in [0.2, 0.25) is 0 Å². The van der Waals surface area contributed by atoms with Crippen molar-refractivity contribution in [3.8, 4) is 23.0 Å². The van der Waals surface area contributed by atoms with E-state index in [-0.39, 0.29) is 105 Å². The first-order valence-electron chi connectivity index (χ1n) is 10.8. The third-order valence-corrected chi connectivity index (χ3v) is 3.42. The summed E-state index contributed by atoms with van der Waals surface area (Å²) in [5, 5.41) is 69.9. The maximum atomic E-state index is 12.0. The Morgan fingerprint density at radius 1 is 0.786 bits per heavy atom. The van der Waals surface area contributed by atoms with Crippen LogP contribution in [0.1, 0.15) is 31.9 Å². The monoisotopic (exact) mass is 786 g/mol. The third kappa shape index (κ3) is 26.9. The van der Waals surface area contributed by atoms with Crippen molar-refractivity contribution in [3.05, 3.63) is 78.2 Å². The van der Waals surface area contributed by atoms with Crippen molar-refractivity contribution in [1.29, 1.82) is 0 Å². The van der Waals surface area contributed by atoms with Crippen molar-refractivity contribution in [2.75, 3.05) is 26.4 Å². The fraction of sp³-hybridized carbons (Fsp3) is 0.318. The number of carboxylic acids is 1. The van der Waals surface area contributed by atoms with Crippen LogP contribution in [0.5, 0.6) is 23.0 Å². The van der Waals surface area contributed by atoms with Gasteiger partial charge in [0.2, 0.25) is 0 Å². The number of aliphatic carboxylic acids is 1. The molecule has 0 N–H and O–H groups in total. The van der Waals surface area contributed by atoms with Crippen LogP contribution in [0.25, 0.3) is 0 Å². The molecule has 0 atom stereocenters. The molecule has 0 aromatic heterocycles. The van der Waals surface area contributed by atoms with Gasteiger partial charge in [0.1, 0.15) is 11.5 Å². The first kappa shape index (κ1) is 45.6. The summed E-state index contributed by atoms with van der Waals surface area (Å²) >= 11 is 0. The van der Waals surface area contributed by atoms with Crippen LogP contribution in [0.4, 0.5) is 0 Å². The van der Waals surface area contributed by atoms with Gasteiger partial charge in [0, 0.05) is 5.97 Å². The maximum Gasteiger partial charge on any atom is 3.00 e. The van der Waals surface area contributed by atoms with Gasteiger partial charge >= 0.3 is 68.9 Å². The molecule has 0 aliphatic carbocycles. The van der Waals surface area contributed by atoms with Crippen LogP contribution >= 0.6 is 0 Å². The third-order valence-electron chi connectivity index (χ3n) is 3.42. The van der Waals surface area contributed by atoms with E-state index in [0.717, 1.165) is 6.92 Å². The topological polar surface area (TPSA) is 280 Å². The Kier molecular flexibility index (Phi) is 31.7. The molecule has 20 heteroatoms. The molecule has 0 heterocycles. The number of carbonyl (C=O) groups excluding carboxylic acids is 1. The summed E-state index contributed by atoms with van der Waals surface area (Å²) in [4.78, 5) is 35.4. The van der Waals surface area contributed by atoms with Crippen LogP contribution < -0.4 is 24.8 Å². The second-order valence-corrected chi connectivity index (χ2v) is 6.29. The van der Waals surface area contributed by atoms with E-state index in [0.29, 0.717) is 24.3 Å². The number of ether oxygens (including phenoxy) is 2. The van der Waals surface area contributed by atoms with Crippen molar-refractivity contribution in [3.63, 3.8) is 0 Å². The van der Waals surface area contributed by atoms with E-state index in [2.05, 4.69) is 10.3 Å². The van der Waals surface area contributed by atoms with Crippen LogP contribution in [-0.4, -0.2) is 55.0 Å². The summed E-state index contributed by atoms with van der Waals surface area (Å²) in [6.45, 7) is 5.65. The fourth-order valence-electron chi connectivity index (χ4n) is 2.18. The molecule has 0 saturated heterocycles. The van der Waals surface area contributed by atoms with Gasteiger partial charge in [0.05, 0.1) is 35.8 Å². The Morgan fingerprint density at radius 2 is 1.07 bits per heavy atom. The van der Waals surface area contributed by atoms with E-state index in [1.54, 1.807) is 50.2 Å². The summed E-state index contributed by atoms with van der Waals surface area (Å²) in [5.74, 6) is -1.04. The van der Waals surface area contributed by atoms with Gasteiger partial charge in [-0.3, -0.25) is 0 Å². The fourth-order valence-corrected chi connectivity index (χ4v) is 2.18. The molecule has 0 fully saturated rings. The molecule has 0 spiro atoms. The summed E-state index contributed by atoms with van der Waals surface area (Å²) in [6, 6.07) is 9.86. The predicted molar refractivity (Wildman–Crippen MR) is 133 cm³/mol. The standard InChI is InChI=1S/C20H24N2O6.C2H4O2.Eu.2NO3.Zn/c1-3-25-17-9-5-7-15(19(17)23)13-21-27-11-12-28-22-14-16-8-6-10-18(20(16)24)26-4-2;1-2(3)4;;2*2-1(3)4;/h5-10,13-14,23-24H,3-4,11-12H2,1-2H3;1H3,(H,3,4);;;;/q;;+3;2*-1;+2/p-3/b21-13+,22-14+;;;;;. The smallest absolute Gasteiger partial charge is 0.870 e. The van der Waals surface area contributed by atoms with Crippen molar-refractivity contribution in [1.82, 2.24) is 0 Å². The van der Waals surface area contributed by atoms with Crippen LogP contribution in [0.15, 0.2) is 46.7 Å². The number of para-hydroxylation sites is 2.